The van der Waals surface area contributed by atoms with Crippen molar-refractivity contribution < 1.29 is 4.79 Å². The molecule has 0 radical (unpaired) electrons. The number of nitrogens with zero attached hydrogens (tertiary/aromatic N) is 3. The maximum Gasteiger partial charge on any atom is 0.255 e. The molecule has 0 saturated carbocycles. The normalized spacial score (nSPS) is 10.9. The highest BCUT2D eigenvalue weighted by Crippen LogP contribution is 2.20. The van der Waals surface area contributed by atoms with E-state index in [2.05, 4.69) is 35.7 Å². The number of nitrogens with one attached hydrogen (secondary N) is 1. The van der Waals surface area contributed by atoms with Crippen molar-refractivity contribution in [2.75, 3.05) is 11.6 Å². The molecule has 6 heteroatoms. The lowest BCUT2D eigenvalue weighted by molar-refractivity contribution is 0.102. The molecule has 0 bridgehead atoms. The van der Waals surface area contributed by atoms with E-state index in [4.69, 9.17) is 0 Å². The van der Waals surface area contributed by atoms with Gasteiger partial charge in [-0.15, -0.1) is 5.10 Å². The van der Waals surface area contributed by atoms with Crippen LogP contribution in [0.1, 0.15) is 41.4 Å². The Morgan fingerprint density at radius 3 is 2.65 bits per heavy atom. The van der Waals surface area contributed by atoms with Crippen LogP contribution in [0.5, 0.6) is 0 Å². The molecule has 3 rings (SSSR count). The van der Waals surface area contributed by atoms with Crippen molar-refractivity contribution >= 4 is 23.4 Å². The first-order valence-electron chi connectivity index (χ1n) is 8.48. The third kappa shape index (κ3) is 4.14. The van der Waals surface area contributed by atoms with Gasteiger partial charge in [-0.05, 0) is 48.1 Å². The van der Waals surface area contributed by atoms with E-state index in [1.807, 2.05) is 48.5 Å². The summed E-state index contributed by atoms with van der Waals surface area (Å²) in [5, 5.41) is 11.1. The summed E-state index contributed by atoms with van der Waals surface area (Å²) in [6.45, 7) is 4.20. The van der Waals surface area contributed by atoms with Crippen LogP contribution in [0.15, 0.2) is 54.7 Å². The number of benzene rings is 2. The Balaban J connectivity index is 1.78. The maximum absolute atomic E-state index is 12.5. The van der Waals surface area contributed by atoms with Crippen LogP contribution in [0.2, 0.25) is 0 Å². The summed E-state index contributed by atoms with van der Waals surface area (Å²) in [5.74, 6) is 1.13. The van der Waals surface area contributed by atoms with Crippen molar-refractivity contribution in [2.24, 2.45) is 0 Å². The highest BCUT2D eigenvalue weighted by Gasteiger charge is 2.11. The molecule has 0 aliphatic carbocycles. The average molecular weight is 366 g/mol. The Hall–Kier alpha value is -2.60. The quantitative estimate of drug-likeness (QED) is 0.697. The number of carbonyl (C=O) groups excluding carboxylic acids is 1. The highest BCUT2D eigenvalue weighted by molar-refractivity contribution is 7.97. The molecule has 0 aliphatic rings. The van der Waals surface area contributed by atoms with Gasteiger partial charge in [-0.2, -0.15) is 11.8 Å². The Labute approximate surface area is 157 Å². The predicted octanol–water partition coefficient (Wildman–Crippen LogP) is 4.51. The molecule has 0 saturated heterocycles. The number of rotatable bonds is 6. The van der Waals surface area contributed by atoms with E-state index in [0.717, 1.165) is 22.8 Å². The van der Waals surface area contributed by atoms with Crippen molar-refractivity contribution in [2.45, 2.75) is 25.5 Å². The fraction of sp³-hybridized carbons (Fsp3) is 0.250. The average Bonchev–Trinajstić information content (AvgIpc) is 3.13. The van der Waals surface area contributed by atoms with Gasteiger partial charge in [0.1, 0.15) is 0 Å². The summed E-state index contributed by atoms with van der Waals surface area (Å²) < 4.78 is 1.80. The van der Waals surface area contributed by atoms with Crippen molar-refractivity contribution in [3.8, 4) is 5.69 Å². The van der Waals surface area contributed by atoms with E-state index in [9.17, 15) is 4.79 Å². The third-order valence-corrected chi connectivity index (χ3v) is 4.66. The number of thioether (sulfide) groups is 1. The highest BCUT2D eigenvalue weighted by atomic mass is 32.2. The van der Waals surface area contributed by atoms with E-state index >= 15 is 0 Å². The summed E-state index contributed by atoms with van der Waals surface area (Å²) in [5.41, 5.74) is 4.48. The summed E-state index contributed by atoms with van der Waals surface area (Å²) in [6, 6.07) is 15.3. The van der Waals surface area contributed by atoms with Gasteiger partial charge in [-0.3, -0.25) is 4.79 Å². The van der Waals surface area contributed by atoms with Crippen molar-refractivity contribution in [3.63, 3.8) is 0 Å². The second kappa shape index (κ2) is 8.19. The number of anilines is 1. The number of carbonyl (C=O) groups is 1. The maximum atomic E-state index is 12.5. The molecule has 0 spiro atoms. The van der Waals surface area contributed by atoms with Gasteiger partial charge in [-0.25, -0.2) is 4.68 Å². The van der Waals surface area contributed by atoms with Gasteiger partial charge in [-0.1, -0.05) is 37.3 Å². The van der Waals surface area contributed by atoms with Gasteiger partial charge in [0.15, 0.2) is 0 Å². The van der Waals surface area contributed by atoms with Gasteiger partial charge < -0.3 is 5.32 Å². The molecular formula is C20H22N4OS. The lowest BCUT2D eigenvalue weighted by Gasteiger charge is -2.11. The van der Waals surface area contributed by atoms with Gasteiger partial charge in [0.2, 0.25) is 0 Å². The molecule has 26 heavy (non-hydrogen) atoms. The Morgan fingerprint density at radius 1 is 1.19 bits per heavy atom. The van der Waals surface area contributed by atoms with Gasteiger partial charge in [0.05, 0.1) is 17.6 Å². The van der Waals surface area contributed by atoms with E-state index in [-0.39, 0.29) is 5.91 Å². The molecule has 1 aromatic heterocycles. The Kier molecular flexibility index (Phi) is 5.73. The summed E-state index contributed by atoms with van der Waals surface area (Å²) in [4.78, 5) is 12.5. The van der Waals surface area contributed by atoms with Crippen LogP contribution < -0.4 is 5.32 Å². The Bertz CT molecular complexity index is 887. The minimum absolute atomic E-state index is 0.125. The number of amides is 1. The molecule has 5 nitrogen and oxygen atoms in total. The van der Waals surface area contributed by atoms with Crippen LogP contribution in [-0.4, -0.2) is 27.2 Å². The van der Waals surface area contributed by atoms with Crippen LogP contribution in [0.3, 0.4) is 0 Å². The molecule has 1 amide bonds. The van der Waals surface area contributed by atoms with Crippen molar-refractivity contribution in [3.05, 3.63) is 71.5 Å². The number of hydrogen-bond acceptors (Lipinski definition) is 4. The van der Waals surface area contributed by atoms with E-state index in [1.54, 1.807) is 22.6 Å². The first-order chi connectivity index (χ1) is 12.6. The summed E-state index contributed by atoms with van der Waals surface area (Å²) in [6.07, 6.45) is 3.83. The molecule has 1 heterocycles. The van der Waals surface area contributed by atoms with E-state index in [0.29, 0.717) is 11.5 Å². The SMILES string of the molecule is CSCc1ccc(C(=O)Nc2cccc(-n3nncc3C(C)C)c2)cc1. The van der Waals surface area contributed by atoms with Gasteiger partial charge in [0, 0.05) is 17.0 Å². The zero-order chi connectivity index (χ0) is 18.5. The fourth-order valence-electron chi connectivity index (χ4n) is 2.67. The standard InChI is InChI=1S/C20H22N4OS/c1-14(2)19-12-21-23-24(19)18-6-4-5-17(11-18)22-20(25)16-9-7-15(8-10-16)13-26-3/h4-12,14H,13H2,1-3H3,(H,22,25). The molecule has 3 aromatic rings. The van der Waals surface area contributed by atoms with E-state index in [1.165, 1.54) is 5.56 Å². The predicted molar refractivity (Wildman–Crippen MR) is 107 cm³/mol. The molecule has 2 aromatic carbocycles. The van der Waals surface area contributed by atoms with Gasteiger partial charge >= 0.3 is 0 Å². The molecule has 0 unspecified atom stereocenters. The van der Waals surface area contributed by atoms with Crippen LogP contribution in [0.25, 0.3) is 5.69 Å². The topological polar surface area (TPSA) is 59.8 Å². The Morgan fingerprint density at radius 2 is 1.96 bits per heavy atom. The molecule has 0 atom stereocenters. The fourth-order valence-corrected chi connectivity index (χ4v) is 3.20. The second-order valence-corrected chi connectivity index (χ2v) is 7.23. The summed E-state index contributed by atoms with van der Waals surface area (Å²) in [7, 11) is 0. The molecule has 134 valence electrons. The van der Waals surface area contributed by atoms with E-state index < -0.39 is 0 Å². The number of hydrogen-bond donors (Lipinski definition) is 1. The van der Waals surface area contributed by atoms with Gasteiger partial charge in [0.25, 0.3) is 5.91 Å². The first-order valence-corrected chi connectivity index (χ1v) is 9.88. The molecule has 0 fully saturated rings. The first kappa shape index (κ1) is 18.2. The largest absolute Gasteiger partial charge is 0.322 e. The molecule has 1 N–H and O–H groups in total. The number of aromatic nitrogens is 3. The zero-order valence-electron chi connectivity index (χ0n) is 15.1. The minimum Gasteiger partial charge on any atom is -0.322 e. The summed E-state index contributed by atoms with van der Waals surface area (Å²) >= 11 is 1.76. The zero-order valence-corrected chi connectivity index (χ0v) is 16.0. The molecule has 0 aliphatic heterocycles. The minimum atomic E-state index is -0.125. The van der Waals surface area contributed by atoms with Crippen molar-refractivity contribution in [1.29, 1.82) is 0 Å². The smallest absolute Gasteiger partial charge is 0.255 e. The molecular weight excluding hydrogens is 344 g/mol. The van der Waals surface area contributed by atoms with Crippen LogP contribution in [0, 0.1) is 0 Å². The van der Waals surface area contributed by atoms with Crippen LogP contribution in [-0.2, 0) is 5.75 Å². The second-order valence-electron chi connectivity index (χ2n) is 6.36. The van der Waals surface area contributed by atoms with Crippen LogP contribution >= 0.6 is 11.8 Å². The van der Waals surface area contributed by atoms with Crippen LogP contribution in [0.4, 0.5) is 5.69 Å². The lowest BCUT2D eigenvalue weighted by atomic mass is 10.1. The van der Waals surface area contributed by atoms with Crippen molar-refractivity contribution in [1.82, 2.24) is 15.0 Å². The lowest BCUT2D eigenvalue weighted by Crippen LogP contribution is -2.12. The third-order valence-electron chi connectivity index (χ3n) is 4.04. The monoisotopic (exact) mass is 366 g/mol.